The van der Waals surface area contributed by atoms with Crippen LogP contribution in [0.4, 0.5) is 0 Å². The molecule has 0 aromatic heterocycles. The van der Waals surface area contributed by atoms with Crippen molar-refractivity contribution in [3.8, 4) is 17.2 Å². The SMILES string of the molecule is COc1c(O)ccc(C(C)=O)c1O. The monoisotopic (exact) mass is 182 g/mol. The largest absolute Gasteiger partial charge is 0.504 e. The summed E-state index contributed by atoms with van der Waals surface area (Å²) < 4.78 is 4.71. The first-order chi connectivity index (χ1) is 6.07. The molecule has 70 valence electrons. The predicted molar refractivity (Wildman–Crippen MR) is 46.3 cm³/mol. The van der Waals surface area contributed by atoms with Crippen LogP contribution in [0.1, 0.15) is 17.3 Å². The van der Waals surface area contributed by atoms with E-state index in [4.69, 9.17) is 4.74 Å². The van der Waals surface area contributed by atoms with Crippen LogP contribution in [0.25, 0.3) is 0 Å². The van der Waals surface area contributed by atoms with Crippen molar-refractivity contribution in [2.75, 3.05) is 7.11 Å². The van der Waals surface area contributed by atoms with E-state index in [9.17, 15) is 15.0 Å². The van der Waals surface area contributed by atoms with E-state index in [0.29, 0.717) is 0 Å². The molecule has 0 fully saturated rings. The minimum Gasteiger partial charge on any atom is -0.504 e. The first kappa shape index (κ1) is 9.38. The Bertz CT molecular complexity index is 344. The number of ether oxygens (including phenoxy) is 1. The average molecular weight is 182 g/mol. The van der Waals surface area contributed by atoms with E-state index < -0.39 is 0 Å². The maximum Gasteiger partial charge on any atom is 0.203 e. The number of rotatable bonds is 2. The van der Waals surface area contributed by atoms with Crippen LogP contribution in [0, 0.1) is 0 Å². The van der Waals surface area contributed by atoms with Crippen molar-refractivity contribution in [1.82, 2.24) is 0 Å². The normalized spacial score (nSPS) is 9.69. The molecule has 1 rings (SSSR count). The smallest absolute Gasteiger partial charge is 0.203 e. The van der Waals surface area contributed by atoms with Crippen molar-refractivity contribution in [3.05, 3.63) is 17.7 Å². The van der Waals surface area contributed by atoms with E-state index in [-0.39, 0.29) is 28.6 Å². The highest BCUT2D eigenvalue weighted by atomic mass is 16.5. The minimum absolute atomic E-state index is 0.0762. The van der Waals surface area contributed by atoms with Gasteiger partial charge in [-0.15, -0.1) is 0 Å². The summed E-state index contributed by atoms with van der Waals surface area (Å²) in [6.07, 6.45) is 0. The van der Waals surface area contributed by atoms with Gasteiger partial charge in [-0.3, -0.25) is 4.79 Å². The first-order valence-corrected chi connectivity index (χ1v) is 3.67. The van der Waals surface area contributed by atoms with Crippen molar-refractivity contribution < 1.29 is 19.7 Å². The number of carbonyl (C=O) groups excluding carboxylic acids is 1. The molecule has 0 amide bonds. The van der Waals surface area contributed by atoms with E-state index in [1.54, 1.807) is 0 Å². The second-order valence-electron chi connectivity index (χ2n) is 2.57. The van der Waals surface area contributed by atoms with E-state index in [2.05, 4.69) is 0 Å². The van der Waals surface area contributed by atoms with Crippen LogP contribution in [0.5, 0.6) is 17.2 Å². The lowest BCUT2D eigenvalue weighted by atomic mass is 10.1. The van der Waals surface area contributed by atoms with Crippen molar-refractivity contribution >= 4 is 5.78 Å². The molecule has 0 saturated heterocycles. The zero-order chi connectivity index (χ0) is 10.0. The molecule has 0 bridgehead atoms. The molecule has 1 aromatic rings. The number of hydrogen-bond donors (Lipinski definition) is 2. The van der Waals surface area contributed by atoms with Gasteiger partial charge in [0.25, 0.3) is 0 Å². The molecule has 0 heterocycles. The molecule has 0 unspecified atom stereocenters. The summed E-state index contributed by atoms with van der Waals surface area (Å²) in [7, 11) is 1.30. The van der Waals surface area contributed by atoms with E-state index in [1.165, 1.54) is 26.2 Å². The second-order valence-corrected chi connectivity index (χ2v) is 2.57. The van der Waals surface area contributed by atoms with Gasteiger partial charge >= 0.3 is 0 Å². The number of carbonyl (C=O) groups is 1. The van der Waals surface area contributed by atoms with Crippen LogP contribution in [0.2, 0.25) is 0 Å². The minimum atomic E-state index is -0.324. The lowest BCUT2D eigenvalue weighted by Gasteiger charge is -2.07. The van der Waals surface area contributed by atoms with Gasteiger partial charge in [0.2, 0.25) is 5.75 Å². The van der Waals surface area contributed by atoms with Crippen LogP contribution in [-0.2, 0) is 0 Å². The summed E-state index contributed by atoms with van der Waals surface area (Å²) in [6.45, 7) is 1.32. The highest BCUT2D eigenvalue weighted by molar-refractivity contribution is 5.97. The standard InChI is InChI=1S/C9H10O4/c1-5(10)6-3-4-7(11)9(13-2)8(6)12/h3-4,11-12H,1-2H3. The first-order valence-electron chi connectivity index (χ1n) is 3.67. The Hall–Kier alpha value is -1.71. The Morgan fingerprint density at radius 2 is 2.00 bits per heavy atom. The third kappa shape index (κ3) is 1.56. The van der Waals surface area contributed by atoms with Gasteiger partial charge in [0.15, 0.2) is 17.3 Å². The van der Waals surface area contributed by atoms with Crippen molar-refractivity contribution in [2.24, 2.45) is 0 Å². The highest BCUT2D eigenvalue weighted by Gasteiger charge is 2.14. The third-order valence-corrected chi connectivity index (χ3v) is 1.69. The molecule has 0 atom stereocenters. The number of ketones is 1. The molecule has 0 aliphatic heterocycles. The third-order valence-electron chi connectivity index (χ3n) is 1.69. The lowest BCUT2D eigenvalue weighted by Crippen LogP contribution is -1.95. The van der Waals surface area contributed by atoms with Gasteiger partial charge in [0.05, 0.1) is 12.7 Å². The van der Waals surface area contributed by atoms with Crippen LogP contribution < -0.4 is 4.74 Å². The maximum absolute atomic E-state index is 10.9. The fraction of sp³-hybridized carbons (Fsp3) is 0.222. The van der Waals surface area contributed by atoms with Crippen LogP contribution in [0.15, 0.2) is 12.1 Å². The van der Waals surface area contributed by atoms with Gasteiger partial charge in [0.1, 0.15) is 0 Å². The number of phenols is 2. The Labute approximate surface area is 75.4 Å². The summed E-state index contributed by atoms with van der Waals surface area (Å²) in [4.78, 5) is 10.9. The fourth-order valence-electron chi connectivity index (χ4n) is 1.05. The van der Waals surface area contributed by atoms with Gasteiger partial charge in [-0.25, -0.2) is 0 Å². The molecular formula is C9H10O4. The molecule has 0 radical (unpaired) electrons. The zero-order valence-electron chi connectivity index (χ0n) is 7.37. The fourth-order valence-corrected chi connectivity index (χ4v) is 1.05. The molecule has 2 N–H and O–H groups in total. The van der Waals surface area contributed by atoms with Crippen LogP contribution in [0.3, 0.4) is 0 Å². The summed E-state index contributed by atoms with van der Waals surface area (Å²) in [6, 6.07) is 2.64. The molecule has 1 aromatic carbocycles. The molecule has 0 aliphatic carbocycles. The van der Waals surface area contributed by atoms with Gasteiger partial charge in [-0.05, 0) is 19.1 Å². The van der Waals surface area contributed by atoms with Gasteiger partial charge in [-0.2, -0.15) is 0 Å². The van der Waals surface area contributed by atoms with E-state index >= 15 is 0 Å². The Balaban J connectivity index is 3.35. The number of benzene rings is 1. The van der Waals surface area contributed by atoms with Gasteiger partial charge in [-0.1, -0.05) is 0 Å². The summed E-state index contributed by atoms with van der Waals surface area (Å²) in [5.74, 6) is -0.872. The number of phenolic OH excluding ortho intramolecular Hbond substituents is 2. The van der Waals surface area contributed by atoms with Gasteiger partial charge < -0.3 is 14.9 Å². The lowest BCUT2D eigenvalue weighted by molar-refractivity contribution is 0.101. The molecule has 0 aliphatic rings. The quantitative estimate of drug-likeness (QED) is 0.676. The Kier molecular flexibility index (Phi) is 2.41. The predicted octanol–water partition coefficient (Wildman–Crippen LogP) is 1.31. The summed E-state index contributed by atoms with van der Waals surface area (Å²) in [5, 5.41) is 18.6. The van der Waals surface area contributed by atoms with Crippen LogP contribution >= 0.6 is 0 Å². The molecule has 0 spiro atoms. The molecule has 13 heavy (non-hydrogen) atoms. The summed E-state index contributed by atoms with van der Waals surface area (Å²) in [5.41, 5.74) is 0.134. The second kappa shape index (κ2) is 3.35. The van der Waals surface area contributed by atoms with E-state index in [1.807, 2.05) is 0 Å². The molecule has 4 nitrogen and oxygen atoms in total. The van der Waals surface area contributed by atoms with Crippen molar-refractivity contribution in [1.29, 1.82) is 0 Å². The maximum atomic E-state index is 10.9. The number of Topliss-reactive ketones (excluding diaryl/α,β-unsaturated/α-hetero) is 1. The number of methoxy groups -OCH3 is 1. The Morgan fingerprint density at radius 1 is 1.38 bits per heavy atom. The number of hydrogen-bond acceptors (Lipinski definition) is 4. The van der Waals surface area contributed by atoms with Crippen molar-refractivity contribution in [2.45, 2.75) is 6.92 Å². The van der Waals surface area contributed by atoms with E-state index in [0.717, 1.165) is 0 Å². The summed E-state index contributed by atoms with van der Waals surface area (Å²) >= 11 is 0. The van der Waals surface area contributed by atoms with Gasteiger partial charge in [0, 0.05) is 0 Å². The highest BCUT2D eigenvalue weighted by Crippen LogP contribution is 2.38. The zero-order valence-corrected chi connectivity index (χ0v) is 7.37. The average Bonchev–Trinajstić information content (AvgIpc) is 2.04. The van der Waals surface area contributed by atoms with Crippen molar-refractivity contribution in [3.63, 3.8) is 0 Å². The Morgan fingerprint density at radius 3 is 2.46 bits per heavy atom. The topological polar surface area (TPSA) is 66.8 Å². The number of aromatic hydroxyl groups is 2. The molecule has 0 saturated carbocycles. The molecule has 4 heteroatoms. The van der Waals surface area contributed by atoms with Crippen LogP contribution in [-0.4, -0.2) is 23.1 Å². The molecular weight excluding hydrogens is 172 g/mol.